The average molecular weight is 229 g/mol. The maximum absolute atomic E-state index is 12.1. The van der Waals surface area contributed by atoms with Gasteiger partial charge in [0.2, 0.25) is 0 Å². The van der Waals surface area contributed by atoms with Crippen LogP contribution < -0.4 is 5.73 Å². The Kier molecular flexibility index (Phi) is 4.12. The lowest BCUT2D eigenvalue weighted by molar-refractivity contribution is 0.442. The summed E-state index contributed by atoms with van der Waals surface area (Å²) in [5.41, 5.74) is 7.89. The molecule has 0 radical (unpaired) electrons. The molecule has 1 atom stereocenters. The number of benzene rings is 1. The second-order valence-electron chi connectivity index (χ2n) is 3.41. The molecule has 0 bridgehead atoms. The van der Waals surface area contributed by atoms with Crippen molar-refractivity contribution in [2.45, 2.75) is 12.5 Å². The first kappa shape index (κ1) is 12.0. The molecular weight excluding hydrogens is 215 g/mol. The highest BCUT2D eigenvalue weighted by molar-refractivity contribution is 5.85. The molecule has 0 fully saturated rings. The largest absolute Gasteiger partial charge is 0.361 e. The smallest absolute Gasteiger partial charge is 0.0912 e. The second kappa shape index (κ2) is 5.14. The lowest BCUT2D eigenvalue weighted by Gasteiger charge is -2.09. The minimum Gasteiger partial charge on any atom is -0.361 e. The third-order valence-electron chi connectivity index (χ3n) is 2.43. The van der Waals surface area contributed by atoms with Gasteiger partial charge in [-0.25, -0.2) is 0 Å². The minimum atomic E-state index is -0.369. The highest BCUT2D eigenvalue weighted by Crippen LogP contribution is 2.20. The zero-order valence-corrected chi connectivity index (χ0v) is 9.06. The van der Waals surface area contributed by atoms with E-state index in [4.69, 9.17) is 5.73 Å². The van der Waals surface area contributed by atoms with E-state index < -0.39 is 0 Å². The Labute approximate surface area is 94.1 Å². The SMILES string of the molecule is Cl.N[C@H](CCF)c1ccc2[nH]ccc2c1. The van der Waals surface area contributed by atoms with E-state index in [9.17, 15) is 4.39 Å². The zero-order valence-electron chi connectivity index (χ0n) is 8.24. The number of halogens is 2. The predicted octanol–water partition coefficient (Wildman–Crippen LogP) is 2.95. The van der Waals surface area contributed by atoms with Crippen molar-refractivity contribution < 1.29 is 4.39 Å². The van der Waals surface area contributed by atoms with Crippen LogP contribution >= 0.6 is 12.4 Å². The molecule has 1 aromatic carbocycles. The van der Waals surface area contributed by atoms with E-state index in [2.05, 4.69) is 4.98 Å². The number of rotatable bonds is 3. The average Bonchev–Trinajstić information content (AvgIpc) is 2.64. The van der Waals surface area contributed by atoms with Crippen LogP contribution in [0.15, 0.2) is 30.5 Å². The third kappa shape index (κ3) is 2.49. The highest BCUT2D eigenvalue weighted by Gasteiger charge is 2.06. The van der Waals surface area contributed by atoms with Crippen LogP contribution in [-0.4, -0.2) is 11.7 Å². The lowest BCUT2D eigenvalue weighted by Crippen LogP contribution is -2.10. The van der Waals surface area contributed by atoms with Crippen molar-refractivity contribution in [1.82, 2.24) is 4.98 Å². The predicted molar refractivity (Wildman–Crippen MR) is 63.1 cm³/mol. The Bertz CT molecular complexity index is 427. The normalized spacial score (nSPS) is 12.4. The molecule has 0 amide bonds. The Balaban J connectivity index is 0.00000112. The highest BCUT2D eigenvalue weighted by atomic mass is 35.5. The summed E-state index contributed by atoms with van der Waals surface area (Å²) in [5.74, 6) is 0. The van der Waals surface area contributed by atoms with Crippen LogP contribution in [0.5, 0.6) is 0 Å². The third-order valence-corrected chi connectivity index (χ3v) is 2.43. The fraction of sp³-hybridized carbons (Fsp3) is 0.273. The molecule has 15 heavy (non-hydrogen) atoms. The summed E-state index contributed by atoms with van der Waals surface area (Å²) in [6.45, 7) is -0.369. The molecule has 82 valence electrons. The van der Waals surface area contributed by atoms with Crippen molar-refractivity contribution in [3.63, 3.8) is 0 Å². The molecule has 0 aliphatic rings. The van der Waals surface area contributed by atoms with E-state index in [1.54, 1.807) is 0 Å². The maximum atomic E-state index is 12.1. The van der Waals surface area contributed by atoms with Crippen molar-refractivity contribution in [2.75, 3.05) is 6.67 Å². The van der Waals surface area contributed by atoms with Gasteiger partial charge in [0.05, 0.1) is 6.67 Å². The second-order valence-corrected chi connectivity index (χ2v) is 3.41. The van der Waals surface area contributed by atoms with Gasteiger partial charge in [0.15, 0.2) is 0 Å². The van der Waals surface area contributed by atoms with E-state index in [-0.39, 0.29) is 25.1 Å². The topological polar surface area (TPSA) is 41.8 Å². The summed E-state index contributed by atoms with van der Waals surface area (Å²) in [6, 6.07) is 7.72. The van der Waals surface area contributed by atoms with Gasteiger partial charge in [-0.15, -0.1) is 12.4 Å². The molecular formula is C11H14ClFN2. The van der Waals surface area contributed by atoms with E-state index in [1.165, 1.54) is 0 Å². The molecule has 0 aliphatic carbocycles. The molecule has 3 N–H and O–H groups in total. The van der Waals surface area contributed by atoms with Crippen LogP contribution in [0, 0.1) is 0 Å². The number of nitrogens with one attached hydrogen (secondary N) is 1. The summed E-state index contributed by atoms with van der Waals surface area (Å²) in [6.07, 6.45) is 2.27. The summed E-state index contributed by atoms with van der Waals surface area (Å²) < 4.78 is 12.1. The fourth-order valence-corrected chi connectivity index (χ4v) is 1.59. The molecule has 2 rings (SSSR count). The summed E-state index contributed by atoms with van der Waals surface area (Å²) in [4.78, 5) is 3.10. The number of hydrogen-bond acceptors (Lipinski definition) is 1. The standard InChI is InChI=1S/C11H13FN2.ClH/c12-5-3-10(13)8-1-2-11-9(7-8)4-6-14-11;/h1-2,4,6-7,10,14H,3,5,13H2;1H/t10-;/m1./s1. The number of aromatic amines is 1. The van der Waals surface area contributed by atoms with E-state index in [0.29, 0.717) is 6.42 Å². The van der Waals surface area contributed by atoms with Gasteiger partial charge in [-0.2, -0.15) is 0 Å². The first-order valence-corrected chi connectivity index (χ1v) is 4.70. The van der Waals surface area contributed by atoms with Gasteiger partial charge in [-0.1, -0.05) is 6.07 Å². The molecule has 0 unspecified atom stereocenters. The zero-order chi connectivity index (χ0) is 9.97. The molecule has 0 saturated heterocycles. The Hall–Kier alpha value is -1.06. The van der Waals surface area contributed by atoms with Crippen molar-refractivity contribution >= 4 is 23.3 Å². The van der Waals surface area contributed by atoms with Gasteiger partial charge in [-0.3, -0.25) is 4.39 Å². The van der Waals surface area contributed by atoms with Crippen LogP contribution in [-0.2, 0) is 0 Å². The quantitative estimate of drug-likeness (QED) is 0.833. The Morgan fingerprint density at radius 3 is 2.87 bits per heavy atom. The molecule has 2 nitrogen and oxygen atoms in total. The first-order chi connectivity index (χ1) is 6.81. The molecule has 1 aromatic heterocycles. The summed E-state index contributed by atoms with van der Waals surface area (Å²) in [7, 11) is 0. The summed E-state index contributed by atoms with van der Waals surface area (Å²) in [5, 5.41) is 1.12. The molecule has 4 heteroatoms. The monoisotopic (exact) mass is 228 g/mol. The van der Waals surface area contributed by atoms with Crippen LogP contribution in [0.3, 0.4) is 0 Å². The van der Waals surface area contributed by atoms with Crippen LogP contribution in [0.2, 0.25) is 0 Å². The van der Waals surface area contributed by atoms with Gasteiger partial charge in [0.25, 0.3) is 0 Å². The maximum Gasteiger partial charge on any atom is 0.0912 e. The molecule has 0 spiro atoms. The van der Waals surface area contributed by atoms with Gasteiger partial charge in [0, 0.05) is 17.8 Å². The molecule has 0 saturated carbocycles. The number of alkyl halides is 1. The minimum absolute atomic E-state index is 0. The lowest BCUT2D eigenvalue weighted by atomic mass is 10.0. The van der Waals surface area contributed by atoms with Crippen LogP contribution in [0.1, 0.15) is 18.0 Å². The number of hydrogen-bond donors (Lipinski definition) is 2. The molecule has 0 aliphatic heterocycles. The Morgan fingerprint density at radius 1 is 1.33 bits per heavy atom. The fourth-order valence-electron chi connectivity index (χ4n) is 1.59. The van der Waals surface area contributed by atoms with Gasteiger partial charge in [-0.05, 0) is 35.6 Å². The van der Waals surface area contributed by atoms with Crippen LogP contribution in [0.4, 0.5) is 4.39 Å². The van der Waals surface area contributed by atoms with E-state index in [0.717, 1.165) is 16.5 Å². The van der Waals surface area contributed by atoms with E-state index >= 15 is 0 Å². The number of nitrogens with two attached hydrogens (primary N) is 1. The van der Waals surface area contributed by atoms with E-state index in [1.807, 2.05) is 30.5 Å². The van der Waals surface area contributed by atoms with Crippen molar-refractivity contribution in [3.05, 3.63) is 36.0 Å². The molecule has 1 heterocycles. The van der Waals surface area contributed by atoms with Crippen LogP contribution in [0.25, 0.3) is 10.9 Å². The van der Waals surface area contributed by atoms with Crippen molar-refractivity contribution in [3.8, 4) is 0 Å². The number of aromatic nitrogens is 1. The Morgan fingerprint density at radius 2 is 2.13 bits per heavy atom. The molecule has 2 aromatic rings. The number of H-pyrrole nitrogens is 1. The van der Waals surface area contributed by atoms with Gasteiger partial charge in [0.1, 0.15) is 0 Å². The van der Waals surface area contributed by atoms with Gasteiger partial charge >= 0.3 is 0 Å². The first-order valence-electron chi connectivity index (χ1n) is 4.70. The van der Waals surface area contributed by atoms with Crippen molar-refractivity contribution in [1.29, 1.82) is 0 Å². The summed E-state index contributed by atoms with van der Waals surface area (Å²) >= 11 is 0. The number of fused-ring (bicyclic) bond motifs is 1. The van der Waals surface area contributed by atoms with Gasteiger partial charge < -0.3 is 10.7 Å². The van der Waals surface area contributed by atoms with Crippen molar-refractivity contribution in [2.24, 2.45) is 5.73 Å².